The van der Waals surface area contributed by atoms with E-state index in [1.807, 2.05) is 10.00 Å². The van der Waals surface area contributed by atoms with Gasteiger partial charge >= 0.3 is 6.18 Å². The Balaban J connectivity index is 1.11. The molecule has 8 nitrogen and oxygen atoms in total. The van der Waals surface area contributed by atoms with Crippen molar-refractivity contribution >= 4 is 11.6 Å². The summed E-state index contributed by atoms with van der Waals surface area (Å²) in [5, 5.41) is 15.5. The number of pyridine rings is 1. The first-order valence-corrected chi connectivity index (χ1v) is 15.6. The Labute approximate surface area is 275 Å². The predicted octanol–water partition coefficient (Wildman–Crippen LogP) is 7.64. The van der Waals surface area contributed by atoms with E-state index in [1.54, 1.807) is 6.07 Å². The summed E-state index contributed by atoms with van der Waals surface area (Å²) in [6.45, 7) is 2.08. The molecule has 2 aliphatic heterocycles. The molecule has 7 rings (SSSR count). The Morgan fingerprint density at radius 3 is 2.54 bits per heavy atom. The molecule has 1 saturated carbocycles. The number of hydrogen-bond donors (Lipinski definition) is 1. The van der Waals surface area contributed by atoms with E-state index in [-0.39, 0.29) is 46.6 Å². The molecule has 3 aliphatic rings. The summed E-state index contributed by atoms with van der Waals surface area (Å²) in [5.41, 5.74) is 1.29. The molecule has 3 atom stereocenters. The number of aromatic amines is 1. The van der Waals surface area contributed by atoms with Gasteiger partial charge in [0.25, 0.3) is 5.79 Å². The minimum Gasteiger partial charge on any atom is -0.444 e. The highest BCUT2D eigenvalue weighted by Crippen LogP contribution is 2.52. The van der Waals surface area contributed by atoms with E-state index in [2.05, 4.69) is 21.1 Å². The first-order chi connectivity index (χ1) is 22.8. The minimum atomic E-state index is -4.70. The second-order valence-electron chi connectivity index (χ2n) is 12.6. The van der Waals surface area contributed by atoms with Crippen LogP contribution in [-0.2, 0) is 24.9 Å². The zero-order chi connectivity index (χ0) is 34.0. The highest BCUT2D eigenvalue weighted by Gasteiger charge is 2.46. The smallest absolute Gasteiger partial charge is 0.444 e. The Bertz CT molecular complexity index is 1940. The molecule has 48 heavy (non-hydrogen) atoms. The van der Waals surface area contributed by atoms with E-state index in [4.69, 9.17) is 21.1 Å². The second-order valence-corrected chi connectivity index (χ2v) is 13.1. The molecule has 2 aromatic heterocycles. The molecule has 1 unspecified atom stereocenters. The van der Waals surface area contributed by atoms with Gasteiger partial charge in [0, 0.05) is 48.3 Å². The number of piperidine rings is 1. The van der Waals surface area contributed by atoms with E-state index in [1.165, 1.54) is 37.4 Å². The molecular weight excluding hydrogens is 662 g/mol. The number of aromatic nitrogens is 4. The fourth-order valence-corrected chi connectivity index (χ4v) is 6.57. The Hall–Kier alpha value is -4.35. The van der Waals surface area contributed by atoms with Crippen LogP contribution in [0.5, 0.6) is 11.5 Å². The third-order valence-corrected chi connectivity index (χ3v) is 9.43. The van der Waals surface area contributed by atoms with Gasteiger partial charge in [-0.3, -0.25) is 15.0 Å². The van der Waals surface area contributed by atoms with Crippen molar-refractivity contribution in [1.29, 1.82) is 5.26 Å². The van der Waals surface area contributed by atoms with Crippen LogP contribution < -0.4 is 9.47 Å². The third-order valence-electron chi connectivity index (χ3n) is 9.20. The lowest BCUT2D eigenvalue weighted by Gasteiger charge is -2.35. The lowest BCUT2D eigenvalue weighted by atomic mass is 9.86. The van der Waals surface area contributed by atoms with Gasteiger partial charge in [0.15, 0.2) is 17.4 Å². The van der Waals surface area contributed by atoms with E-state index >= 15 is 4.39 Å². The highest BCUT2D eigenvalue weighted by atomic mass is 35.5. The molecular formula is C33H27ClF6N6O2. The molecule has 15 heteroatoms. The topological polar surface area (TPSA) is 100.0 Å². The van der Waals surface area contributed by atoms with E-state index in [9.17, 15) is 27.2 Å². The number of halogens is 7. The summed E-state index contributed by atoms with van der Waals surface area (Å²) in [5.74, 6) is -5.46. The Morgan fingerprint density at radius 1 is 1.10 bits per heavy atom. The van der Waals surface area contributed by atoms with E-state index in [0.717, 1.165) is 6.07 Å². The maximum atomic E-state index is 16.0. The largest absolute Gasteiger partial charge is 0.451 e. The molecule has 0 radical (unpaired) electrons. The van der Waals surface area contributed by atoms with Gasteiger partial charge in [0.1, 0.15) is 12.0 Å². The number of nitrogens with zero attached hydrogens (tertiary/aromatic N) is 5. The Kier molecular flexibility index (Phi) is 7.83. The SMILES string of the molecule is C[C@@]1(c2ccc(Cl)cc2F)Oc2c(F)ccc(C3CCN(Cc4ncc(-c5n[nH]c(C(F)(F)F)n5)cc4CC4(C#N)CC4)C[C@H]3F)c2O1. The number of H-pyrrole nitrogens is 1. The van der Waals surface area contributed by atoms with Gasteiger partial charge in [-0.05, 0) is 68.1 Å². The monoisotopic (exact) mass is 688 g/mol. The summed E-state index contributed by atoms with van der Waals surface area (Å²) >= 11 is 5.90. The summed E-state index contributed by atoms with van der Waals surface area (Å²) in [6.07, 6.45) is -2.73. The number of rotatable bonds is 7. The number of benzene rings is 2. The summed E-state index contributed by atoms with van der Waals surface area (Å²) in [6, 6.07) is 10.5. The van der Waals surface area contributed by atoms with Crippen LogP contribution in [-0.4, -0.2) is 44.3 Å². The van der Waals surface area contributed by atoms with Crippen LogP contribution in [0.1, 0.15) is 60.3 Å². The Morgan fingerprint density at radius 2 is 1.88 bits per heavy atom. The summed E-state index contributed by atoms with van der Waals surface area (Å²) in [7, 11) is 0. The van der Waals surface area contributed by atoms with Crippen LogP contribution >= 0.6 is 11.6 Å². The van der Waals surface area contributed by atoms with Gasteiger partial charge < -0.3 is 9.47 Å². The first-order valence-electron chi connectivity index (χ1n) is 15.2. The third kappa shape index (κ3) is 5.94. The lowest BCUT2D eigenvalue weighted by molar-refractivity contribution is -0.144. The minimum absolute atomic E-state index is 0.00243. The maximum absolute atomic E-state index is 16.0. The van der Waals surface area contributed by atoms with Crippen LogP contribution in [0.3, 0.4) is 0 Å². The van der Waals surface area contributed by atoms with Crippen LogP contribution in [0.25, 0.3) is 11.4 Å². The average molecular weight is 689 g/mol. The van der Waals surface area contributed by atoms with Crippen LogP contribution in [0.2, 0.25) is 5.02 Å². The predicted molar refractivity (Wildman–Crippen MR) is 160 cm³/mol. The fraction of sp³-hybridized carbons (Fsp3) is 0.394. The highest BCUT2D eigenvalue weighted by molar-refractivity contribution is 6.30. The number of nitrogens with one attached hydrogen (secondary N) is 1. The van der Waals surface area contributed by atoms with Gasteiger partial charge in [-0.1, -0.05) is 17.7 Å². The number of ether oxygens (including phenoxy) is 2. The van der Waals surface area contributed by atoms with Gasteiger partial charge in [-0.2, -0.15) is 23.5 Å². The zero-order valence-corrected chi connectivity index (χ0v) is 26.1. The molecule has 1 aliphatic carbocycles. The zero-order valence-electron chi connectivity index (χ0n) is 25.3. The van der Waals surface area contributed by atoms with Crippen LogP contribution in [0.4, 0.5) is 26.3 Å². The van der Waals surface area contributed by atoms with Crippen molar-refractivity contribution in [3.8, 4) is 29.0 Å². The van der Waals surface area contributed by atoms with E-state index in [0.29, 0.717) is 49.0 Å². The number of alkyl halides is 4. The molecule has 0 bridgehead atoms. The van der Waals surface area contributed by atoms with Gasteiger partial charge in [-0.15, -0.1) is 0 Å². The van der Waals surface area contributed by atoms with Crippen molar-refractivity contribution in [3.05, 3.63) is 87.5 Å². The quantitative estimate of drug-likeness (QED) is 0.199. The molecule has 0 spiro atoms. The van der Waals surface area contributed by atoms with Gasteiger partial charge in [0.2, 0.25) is 11.6 Å². The summed E-state index contributed by atoms with van der Waals surface area (Å²) < 4.78 is 97.0. The normalized spacial score (nSPS) is 23.2. The standard InChI is InChI=1S/C33H27ClF6N6O2/c1-31(22-4-2-19(34)11-24(22)36)47-27-21(3-5-23(35)28(27)48-31)20-6-9-46(14-25(20)37)15-26-17(12-32(16-41)7-8-32)10-18(13-42-26)29-43-30(45-44-29)33(38,39)40/h2-5,10-11,13,20,25H,6-9,12,14-15H2,1H3,(H,43,44,45)/t20?,25-,31+/m1/s1. The maximum Gasteiger partial charge on any atom is 0.451 e. The fourth-order valence-electron chi connectivity index (χ4n) is 6.42. The number of nitriles is 1. The molecule has 250 valence electrons. The van der Waals surface area contributed by atoms with Crippen molar-refractivity contribution in [2.24, 2.45) is 5.41 Å². The van der Waals surface area contributed by atoms with E-state index < -0.39 is 46.9 Å². The molecule has 1 N–H and O–H groups in total. The second kappa shape index (κ2) is 11.7. The summed E-state index contributed by atoms with van der Waals surface area (Å²) in [4.78, 5) is 9.94. The van der Waals surface area contributed by atoms with Crippen molar-refractivity contribution < 1.29 is 35.8 Å². The van der Waals surface area contributed by atoms with Crippen molar-refractivity contribution in [2.75, 3.05) is 13.1 Å². The van der Waals surface area contributed by atoms with Gasteiger partial charge in [0.05, 0.1) is 22.7 Å². The average Bonchev–Trinajstić information content (AvgIpc) is 3.43. The number of fused-ring (bicyclic) bond motifs is 1. The first kappa shape index (κ1) is 32.2. The molecule has 1 saturated heterocycles. The number of likely N-dealkylation sites (tertiary alicyclic amines) is 1. The van der Waals surface area contributed by atoms with Gasteiger partial charge in [-0.25, -0.2) is 18.2 Å². The van der Waals surface area contributed by atoms with Crippen molar-refractivity contribution in [2.45, 2.75) is 63.2 Å². The van der Waals surface area contributed by atoms with Crippen LogP contribution in [0.15, 0.2) is 42.6 Å². The van der Waals surface area contributed by atoms with Crippen molar-refractivity contribution in [1.82, 2.24) is 25.1 Å². The molecule has 0 amide bonds. The van der Waals surface area contributed by atoms with Crippen molar-refractivity contribution in [3.63, 3.8) is 0 Å². The number of hydrogen-bond acceptors (Lipinski definition) is 7. The molecule has 2 fully saturated rings. The lowest BCUT2D eigenvalue weighted by Crippen LogP contribution is -2.40. The van der Waals surface area contributed by atoms with Crippen LogP contribution in [0, 0.1) is 28.4 Å². The molecule has 4 heterocycles. The molecule has 2 aromatic carbocycles. The molecule has 4 aromatic rings.